The van der Waals surface area contributed by atoms with Crippen molar-refractivity contribution in [1.29, 1.82) is 0 Å². The molecule has 0 spiro atoms. The second kappa shape index (κ2) is 9.28. The maximum atomic E-state index is 12.4. The Bertz CT molecular complexity index is 695. The summed E-state index contributed by atoms with van der Waals surface area (Å²) in [6.45, 7) is 8.09. The minimum atomic E-state index is -3.30. The highest BCUT2D eigenvalue weighted by Crippen LogP contribution is 2.09. The van der Waals surface area contributed by atoms with Crippen LogP contribution >= 0.6 is 0 Å². The van der Waals surface area contributed by atoms with Crippen LogP contribution < -0.4 is 5.32 Å². The van der Waals surface area contributed by atoms with Gasteiger partial charge in [-0.2, -0.15) is 9.29 Å². The Morgan fingerprint density at radius 1 is 1.35 bits per heavy atom. The van der Waals surface area contributed by atoms with Gasteiger partial charge in [-0.25, -0.2) is 8.42 Å². The summed E-state index contributed by atoms with van der Waals surface area (Å²) >= 11 is 0. The molecule has 10 nitrogen and oxygen atoms in total. The number of hydrogen-bond acceptors (Lipinski definition) is 7. The second-order valence-electron chi connectivity index (χ2n) is 6.26. The SMILES string of the molecule is CN=C(NCc1nc(C)no1)N1CCN(S(=O)(=O)CCOC(C)C)CC1. The van der Waals surface area contributed by atoms with Crippen molar-refractivity contribution in [3.05, 3.63) is 11.7 Å². The van der Waals surface area contributed by atoms with Crippen LogP contribution in [0.5, 0.6) is 0 Å². The van der Waals surface area contributed by atoms with Crippen LogP contribution in [0.2, 0.25) is 0 Å². The Balaban J connectivity index is 1.82. The molecule has 11 heteroatoms. The summed E-state index contributed by atoms with van der Waals surface area (Å²) in [5.41, 5.74) is 0. The number of guanidine groups is 1. The summed E-state index contributed by atoms with van der Waals surface area (Å²) in [7, 11) is -1.61. The summed E-state index contributed by atoms with van der Waals surface area (Å²) in [5.74, 6) is 1.75. The molecule has 1 fully saturated rings. The van der Waals surface area contributed by atoms with Crippen LogP contribution in [0.15, 0.2) is 9.52 Å². The fraction of sp³-hybridized carbons (Fsp3) is 0.800. The van der Waals surface area contributed by atoms with Crippen molar-refractivity contribution in [2.75, 3.05) is 45.6 Å². The number of aryl methyl sites for hydroxylation is 1. The van der Waals surface area contributed by atoms with Gasteiger partial charge in [-0.3, -0.25) is 4.99 Å². The molecular formula is C15H28N6O4S. The van der Waals surface area contributed by atoms with Crippen LogP contribution in [-0.2, 0) is 21.3 Å². The first-order valence-electron chi connectivity index (χ1n) is 8.66. The Labute approximate surface area is 154 Å². The number of aliphatic imine (C=N–C) groups is 1. The first-order chi connectivity index (χ1) is 12.3. The summed E-state index contributed by atoms with van der Waals surface area (Å²) < 4.78 is 36.7. The van der Waals surface area contributed by atoms with E-state index in [4.69, 9.17) is 9.26 Å². The number of rotatable bonds is 7. The topological polar surface area (TPSA) is 113 Å². The van der Waals surface area contributed by atoms with Crippen molar-refractivity contribution in [1.82, 2.24) is 24.7 Å². The molecule has 1 aromatic heterocycles. The van der Waals surface area contributed by atoms with Crippen LogP contribution in [0.1, 0.15) is 25.6 Å². The smallest absolute Gasteiger partial charge is 0.246 e. The molecule has 0 aromatic carbocycles. The first-order valence-corrected chi connectivity index (χ1v) is 10.3. The third-order valence-electron chi connectivity index (χ3n) is 3.90. The number of sulfonamides is 1. The van der Waals surface area contributed by atoms with Gasteiger partial charge in [0.2, 0.25) is 15.9 Å². The lowest BCUT2D eigenvalue weighted by Gasteiger charge is -2.35. The Kier molecular flexibility index (Phi) is 7.35. The van der Waals surface area contributed by atoms with Crippen LogP contribution in [0.25, 0.3) is 0 Å². The molecule has 2 heterocycles. The average Bonchev–Trinajstić information content (AvgIpc) is 3.01. The second-order valence-corrected chi connectivity index (χ2v) is 8.35. The lowest BCUT2D eigenvalue weighted by atomic mass is 10.4. The Morgan fingerprint density at radius 2 is 2.04 bits per heavy atom. The molecule has 0 radical (unpaired) electrons. The molecule has 2 rings (SSSR count). The summed E-state index contributed by atoms with van der Waals surface area (Å²) in [4.78, 5) is 10.4. The molecule has 148 valence electrons. The highest BCUT2D eigenvalue weighted by molar-refractivity contribution is 7.89. The zero-order chi connectivity index (χ0) is 19.2. The number of ether oxygens (including phenoxy) is 1. The van der Waals surface area contributed by atoms with E-state index < -0.39 is 10.0 Å². The molecule has 1 aromatic rings. The summed E-state index contributed by atoms with van der Waals surface area (Å²) in [6, 6.07) is 0. The van der Waals surface area contributed by atoms with Crippen molar-refractivity contribution in [3.63, 3.8) is 0 Å². The lowest BCUT2D eigenvalue weighted by molar-refractivity contribution is 0.0904. The zero-order valence-corrected chi connectivity index (χ0v) is 16.6. The number of nitrogens with one attached hydrogen (secondary N) is 1. The number of hydrogen-bond donors (Lipinski definition) is 1. The van der Waals surface area contributed by atoms with Gasteiger partial charge in [-0.1, -0.05) is 5.16 Å². The Morgan fingerprint density at radius 3 is 2.58 bits per heavy atom. The van der Waals surface area contributed by atoms with Gasteiger partial charge in [0.15, 0.2) is 11.8 Å². The molecule has 0 atom stereocenters. The molecule has 26 heavy (non-hydrogen) atoms. The van der Waals surface area contributed by atoms with E-state index in [2.05, 4.69) is 20.4 Å². The van der Waals surface area contributed by atoms with Gasteiger partial charge in [0, 0.05) is 33.2 Å². The van der Waals surface area contributed by atoms with E-state index in [-0.39, 0.29) is 18.5 Å². The van der Waals surface area contributed by atoms with Crippen molar-refractivity contribution in [2.45, 2.75) is 33.4 Å². The maximum Gasteiger partial charge on any atom is 0.246 e. The number of piperazine rings is 1. The molecule has 0 aliphatic carbocycles. The van der Waals surface area contributed by atoms with Crippen molar-refractivity contribution < 1.29 is 17.7 Å². The zero-order valence-electron chi connectivity index (χ0n) is 15.8. The van der Waals surface area contributed by atoms with Gasteiger partial charge in [0.05, 0.1) is 25.0 Å². The van der Waals surface area contributed by atoms with Crippen LogP contribution in [0, 0.1) is 6.92 Å². The number of nitrogens with zero attached hydrogens (tertiary/aromatic N) is 5. The molecule has 0 bridgehead atoms. The number of aromatic nitrogens is 2. The third kappa shape index (κ3) is 5.92. The largest absolute Gasteiger partial charge is 0.378 e. The van der Waals surface area contributed by atoms with Gasteiger partial charge < -0.3 is 19.5 Å². The highest BCUT2D eigenvalue weighted by atomic mass is 32.2. The predicted octanol–water partition coefficient (Wildman–Crippen LogP) is -0.174. The minimum absolute atomic E-state index is 0.00860. The van der Waals surface area contributed by atoms with E-state index in [9.17, 15) is 8.42 Å². The van der Waals surface area contributed by atoms with E-state index in [1.165, 1.54) is 4.31 Å². The van der Waals surface area contributed by atoms with Crippen LogP contribution in [-0.4, -0.2) is 85.4 Å². The molecule has 0 saturated carbocycles. The molecule has 0 unspecified atom stereocenters. The van der Waals surface area contributed by atoms with Gasteiger partial charge in [-0.15, -0.1) is 0 Å². The fourth-order valence-electron chi connectivity index (χ4n) is 2.60. The van der Waals surface area contributed by atoms with Gasteiger partial charge in [-0.05, 0) is 20.8 Å². The minimum Gasteiger partial charge on any atom is -0.378 e. The monoisotopic (exact) mass is 388 g/mol. The van der Waals surface area contributed by atoms with Crippen molar-refractivity contribution in [2.24, 2.45) is 4.99 Å². The van der Waals surface area contributed by atoms with Gasteiger partial charge in [0.25, 0.3) is 0 Å². The summed E-state index contributed by atoms with van der Waals surface area (Å²) in [5, 5.41) is 6.90. The highest BCUT2D eigenvalue weighted by Gasteiger charge is 2.28. The maximum absolute atomic E-state index is 12.4. The van der Waals surface area contributed by atoms with Gasteiger partial charge in [0.1, 0.15) is 0 Å². The van der Waals surface area contributed by atoms with E-state index in [1.54, 1.807) is 14.0 Å². The van der Waals surface area contributed by atoms with E-state index in [0.717, 1.165) is 0 Å². The van der Waals surface area contributed by atoms with Crippen LogP contribution in [0.3, 0.4) is 0 Å². The predicted molar refractivity (Wildman–Crippen MR) is 97.3 cm³/mol. The standard InChI is InChI=1S/C15H28N6O4S/c1-12(2)24-9-10-26(22,23)21-7-5-20(6-8-21)15(16-4)17-11-14-18-13(3)19-25-14/h12H,5-11H2,1-4H3,(H,16,17). The molecule has 1 aliphatic heterocycles. The van der Waals surface area contributed by atoms with Crippen molar-refractivity contribution in [3.8, 4) is 0 Å². The van der Waals surface area contributed by atoms with Gasteiger partial charge >= 0.3 is 0 Å². The Hall–Kier alpha value is -1.72. The van der Waals surface area contributed by atoms with E-state index in [0.29, 0.717) is 50.4 Å². The summed E-state index contributed by atoms with van der Waals surface area (Å²) in [6.07, 6.45) is 0.0269. The quantitative estimate of drug-likeness (QED) is 0.506. The molecule has 1 N–H and O–H groups in total. The fourth-order valence-corrected chi connectivity index (χ4v) is 3.88. The molecule has 1 saturated heterocycles. The third-order valence-corrected chi connectivity index (χ3v) is 5.74. The molecule has 1 aliphatic rings. The average molecular weight is 388 g/mol. The normalized spacial score (nSPS) is 17.1. The molecular weight excluding hydrogens is 360 g/mol. The van der Waals surface area contributed by atoms with E-state index >= 15 is 0 Å². The first kappa shape index (κ1) is 20.6. The van der Waals surface area contributed by atoms with E-state index in [1.807, 2.05) is 18.7 Å². The van der Waals surface area contributed by atoms with Crippen molar-refractivity contribution >= 4 is 16.0 Å². The van der Waals surface area contributed by atoms with Crippen LogP contribution in [0.4, 0.5) is 0 Å². The lowest BCUT2D eigenvalue weighted by Crippen LogP contribution is -2.54. The molecule has 0 amide bonds.